The normalized spacial score (nSPS) is 12.5. The van der Waals surface area contributed by atoms with Crippen molar-refractivity contribution in [3.8, 4) is 0 Å². The number of alkyl halides is 1. The molecule has 0 saturated heterocycles. The van der Waals surface area contributed by atoms with E-state index in [4.69, 9.17) is 11.6 Å². The van der Waals surface area contributed by atoms with Gasteiger partial charge in [0, 0.05) is 35.8 Å². The first-order valence-electron chi connectivity index (χ1n) is 3.83. The van der Waals surface area contributed by atoms with Gasteiger partial charge in [0.1, 0.15) is 0 Å². The van der Waals surface area contributed by atoms with Gasteiger partial charge in [0.2, 0.25) is 0 Å². The molecule has 70 valence electrons. The molecule has 5 heteroatoms. The molecule has 1 unspecified atom stereocenters. The highest BCUT2D eigenvalue weighted by molar-refractivity contribution is 6.20. The number of rotatable bonds is 3. The standard InChI is InChI=1S/C8H9ClN2O2/c1-6(9)4-7-5-8(11(12)13)2-3-10-7/h2-3,5-6H,4H2,1H3. The zero-order valence-corrected chi connectivity index (χ0v) is 7.86. The lowest BCUT2D eigenvalue weighted by molar-refractivity contribution is -0.385. The average molecular weight is 201 g/mol. The predicted octanol–water partition coefficient (Wildman–Crippen LogP) is 2.16. The molecule has 1 aromatic heterocycles. The Hall–Kier alpha value is -1.16. The summed E-state index contributed by atoms with van der Waals surface area (Å²) in [6.07, 6.45) is 1.97. The molecule has 0 aliphatic rings. The highest BCUT2D eigenvalue weighted by atomic mass is 35.5. The van der Waals surface area contributed by atoms with E-state index in [0.717, 1.165) is 0 Å². The van der Waals surface area contributed by atoms with Gasteiger partial charge in [0.05, 0.1) is 4.92 Å². The molecule has 0 bridgehead atoms. The van der Waals surface area contributed by atoms with Crippen LogP contribution in [0.3, 0.4) is 0 Å². The number of aromatic nitrogens is 1. The van der Waals surface area contributed by atoms with E-state index in [-0.39, 0.29) is 11.1 Å². The van der Waals surface area contributed by atoms with Crippen molar-refractivity contribution >= 4 is 17.3 Å². The van der Waals surface area contributed by atoms with E-state index in [0.29, 0.717) is 12.1 Å². The van der Waals surface area contributed by atoms with E-state index in [2.05, 4.69) is 4.98 Å². The molecule has 0 radical (unpaired) electrons. The number of halogens is 1. The molecule has 1 atom stereocenters. The van der Waals surface area contributed by atoms with Gasteiger partial charge in [-0.15, -0.1) is 11.6 Å². The fraction of sp³-hybridized carbons (Fsp3) is 0.375. The molecule has 1 heterocycles. The summed E-state index contributed by atoms with van der Waals surface area (Å²) in [5.41, 5.74) is 0.707. The maximum Gasteiger partial charge on any atom is 0.272 e. The van der Waals surface area contributed by atoms with Gasteiger partial charge >= 0.3 is 0 Å². The van der Waals surface area contributed by atoms with Crippen molar-refractivity contribution in [2.24, 2.45) is 0 Å². The zero-order valence-electron chi connectivity index (χ0n) is 7.11. The summed E-state index contributed by atoms with van der Waals surface area (Å²) >= 11 is 5.73. The van der Waals surface area contributed by atoms with E-state index in [1.807, 2.05) is 6.92 Å². The SMILES string of the molecule is CC(Cl)Cc1cc([N+](=O)[O-])ccn1. The summed E-state index contributed by atoms with van der Waals surface area (Å²) in [6, 6.07) is 2.81. The van der Waals surface area contributed by atoms with Crippen LogP contribution in [0.5, 0.6) is 0 Å². The third-order valence-corrected chi connectivity index (χ3v) is 1.66. The highest BCUT2D eigenvalue weighted by Gasteiger charge is 2.07. The average Bonchev–Trinajstić information content (AvgIpc) is 2.03. The summed E-state index contributed by atoms with van der Waals surface area (Å²) in [5, 5.41) is 10.3. The highest BCUT2D eigenvalue weighted by Crippen LogP contribution is 2.13. The fourth-order valence-electron chi connectivity index (χ4n) is 0.979. The topological polar surface area (TPSA) is 56.0 Å². The molecule has 1 aromatic rings. The monoisotopic (exact) mass is 200 g/mol. The third kappa shape index (κ3) is 2.99. The van der Waals surface area contributed by atoms with E-state index in [1.54, 1.807) is 0 Å². The first-order chi connectivity index (χ1) is 6.09. The largest absolute Gasteiger partial charge is 0.272 e. The maximum absolute atomic E-state index is 10.4. The van der Waals surface area contributed by atoms with Gasteiger partial charge in [0.15, 0.2) is 0 Å². The van der Waals surface area contributed by atoms with Gasteiger partial charge < -0.3 is 0 Å². The summed E-state index contributed by atoms with van der Waals surface area (Å²) in [6.45, 7) is 1.82. The molecular formula is C8H9ClN2O2. The molecule has 0 saturated carbocycles. The fourth-order valence-corrected chi connectivity index (χ4v) is 1.14. The van der Waals surface area contributed by atoms with Crippen molar-refractivity contribution in [3.05, 3.63) is 34.1 Å². The Morgan fingerprint density at radius 2 is 2.46 bits per heavy atom. The van der Waals surface area contributed by atoms with Crippen molar-refractivity contribution in [1.82, 2.24) is 4.98 Å². The van der Waals surface area contributed by atoms with Gasteiger partial charge in [-0.1, -0.05) is 0 Å². The van der Waals surface area contributed by atoms with Crippen LogP contribution in [0.4, 0.5) is 5.69 Å². The second-order valence-electron chi connectivity index (χ2n) is 2.75. The summed E-state index contributed by atoms with van der Waals surface area (Å²) in [4.78, 5) is 13.9. The van der Waals surface area contributed by atoms with E-state index < -0.39 is 4.92 Å². The molecule has 1 rings (SSSR count). The first kappa shape index (κ1) is 9.92. The number of hydrogen-bond acceptors (Lipinski definition) is 3. The first-order valence-corrected chi connectivity index (χ1v) is 4.26. The van der Waals surface area contributed by atoms with Crippen LogP contribution in [0.15, 0.2) is 18.3 Å². The quantitative estimate of drug-likeness (QED) is 0.427. The molecule has 0 fully saturated rings. The Bertz CT molecular complexity index is 315. The third-order valence-electron chi connectivity index (χ3n) is 1.50. The van der Waals surface area contributed by atoms with E-state index >= 15 is 0 Å². The van der Waals surface area contributed by atoms with Crippen molar-refractivity contribution in [2.75, 3.05) is 0 Å². The van der Waals surface area contributed by atoms with Crippen molar-refractivity contribution in [3.63, 3.8) is 0 Å². The number of nitro groups is 1. The summed E-state index contributed by atoms with van der Waals surface area (Å²) in [7, 11) is 0. The molecular weight excluding hydrogens is 192 g/mol. The molecule has 0 aromatic carbocycles. The van der Waals surface area contributed by atoms with Crippen LogP contribution in [0, 0.1) is 10.1 Å². The van der Waals surface area contributed by atoms with Crippen LogP contribution in [0.1, 0.15) is 12.6 Å². The molecule has 0 N–H and O–H groups in total. The summed E-state index contributed by atoms with van der Waals surface area (Å²) < 4.78 is 0. The molecule has 4 nitrogen and oxygen atoms in total. The molecule has 0 spiro atoms. The van der Waals surface area contributed by atoms with Crippen LogP contribution in [-0.4, -0.2) is 15.3 Å². The second kappa shape index (κ2) is 4.18. The van der Waals surface area contributed by atoms with Gasteiger partial charge in [-0.05, 0) is 6.92 Å². The van der Waals surface area contributed by atoms with Crippen molar-refractivity contribution in [1.29, 1.82) is 0 Å². The van der Waals surface area contributed by atoms with Crippen LogP contribution >= 0.6 is 11.6 Å². The van der Waals surface area contributed by atoms with Crippen LogP contribution in [0.2, 0.25) is 0 Å². The van der Waals surface area contributed by atoms with Crippen LogP contribution in [-0.2, 0) is 6.42 Å². The Morgan fingerprint density at radius 1 is 1.77 bits per heavy atom. The molecule has 13 heavy (non-hydrogen) atoms. The Balaban J connectivity index is 2.85. The van der Waals surface area contributed by atoms with Gasteiger partial charge in [-0.2, -0.15) is 0 Å². The van der Waals surface area contributed by atoms with Crippen LogP contribution < -0.4 is 0 Å². The smallest absolute Gasteiger partial charge is 0.261 e. The lowest BCUT2D eigenvalue weighted by atomic mass is 10.2. The van der Waals surface area contributed by atoms with Crippen molar-refractivity contribution < 1.29 is 4.92 Å². The minimum absolute atomic E-state index is 0.0577. The van der Waals surface area contributed by atoms with E-state index in [1.165, 1.54) is 18.3 Å². The second-order valence-corrected chi connectivity index (χ2v) is 3.49. The van der Waals surface area contributed by atoms with Gasteiger partial charge in [-0.3, -0.25) is 15.1 Å². The Kier molecular flexibility index (Phi) is 3.19. The Morgan fingerprint density at radius 3 is 3.00 bits per heavy atom. The number of pyridine rings is 1. The van der Waals surface area contributed by atoms with Crippen LogP contribution in [0.25, 0.3) is 0 Å². The van der Waals surface area contributed by atoms with Gasteiger partial charge in [0.25, 0.3) is 5.69 Å². The van der Waals surface area contributed by atoms with Gasteiger partial charge in [-0.25, -0.2) is 0 Å². The molecule has 0 aliphatic carbocycles. The molecule has 0 aliphatic heterocycles. The summed E-state index contributed by atoms with van der Waals surface area (Å²) in [5.74, 6) is 0. The lowest BCUT2D eigenvalue weighted by Crippen LogP contribution is -2.00. The van der Waals surface area contributed by atoms with E-state index in [9.17, 15) is 10.1 Å². The van der Waals surface area contributed by atoms with Crippen molar-refractivity contribution in [2.45, 2.75) is 18.7 Å². The Labute approximate surface area is 80.7 Å². The number of hydrogen-bond donors (Lipinski definition) is 0. The predicted molar refractivity (Wildman–Crippen MR) is 49.9 cm³/mol. The minimum Gasteiger partial charge on any atom is -0.261 e. The maximum atomic E-state index is 10.4. The lowest BCUT2D eigenvalue weighted by Gasteiger charge is -2.00. The molecule has 0 amide bonds. The number of nitrogens with zero attached hydrogens (tertiary/aromatic N) is 2. The minimum atomic E-state index is -0.440. The zero-order chi connectivity index (χ0) is 9.84.